The van der Waals surface area contributed by atoms with Gasteiger partial charge in [-0.25, -0.2) is 4.98 Å². The molecule has 2 aliphatic heterocycles. The van der Waals surface area contributed by atoms with E-state index in [1.165, 1.54) is 10.6 Å². The highest BCUT2D eigenvalue weighted by Gasteiger charge is 2.33. The second-order valence-electron chi connectivity index (χ2n) is 8.34. The minimum absolute atomic E-state index is 0.166. The molecule has 0 N–H and O–H groups in total. The van der Waals surface area contributed by atoms with E-state index in [0.717, 1.165) is 17.7 Å². The monoisotopic (exact) mass is 472 g/mol. The highest BCUT2D eigenvalue weighted by Crippen LogP contribution is 2.36. The van der Waals surface area contributed by atoms with Crippen LogP contribution in [0.1, 0.15) is 29.3 Å². The van der Waals surface area contributed by atoms with E-state index >= 15 is 0 Å². The summed E-state index contributed by atoms with van der Waals surface area (Å²) in [5.41, 5.74) is 1.48. The van der Waals surface area contributed by atoms with Crippen LogP contribution in [0.2, 0.25) is 0 Å². The standard InChI is InChI=1S/C24H23F3N4O3/c1-3-19-15(2)28-23-30(18-6-4-5-17(10-18)24(25,26)27)12-29(13-31(23)22(19)32)11-16-7-8-20-21(9-16)34-14-33-20/h4-10H,3,11-14H2,1-2H3. The number of anilines is 2. The van der Waals surface area contributed by atoms with E-state index in [1.807, 2.05) is 30.0 Å². The number of halogens is 3. The van der Waals surface area contributed by atoms with E-state index in [-0.39, 0.29) is 25.7 Å². The van der Waals surface area contributed by atoms with Crippen LogP contribution in [0, 0.1) is 6.92 Å². The summed E-state index contributed by atoms with van der Waals surface area (Å²) in [5.74, 6) is 1.65. The molecule has 0 fully saturated rings. The first-order valence-electron chi connectivity index (χ1n) is 10.9. The summed E-state index contributed by atoms with van der Waals surface area (Å²) in [5, 5.41) is 0. The molecule has 2 aromatic carbocycles. The fourth-order valence-electron chi connectivity index (χ4n) is 4.38. The Bertz CT molecular complexity index is 1310. The van der Waals surface area contributed by atoms with Gasteiger partial charge in [0.15, 0.2) is 11.5 Å². The number of rotatable bonds is 4. The second-order valence-corrected chi connectivity index (χ2v) is 8.34. The summed E-state index contributed by atoms with van der Waals surface area (Å²) in [7, 11) is 0. The number of alkyl halides is 3. The maximum Gasteiger partial charge on any atom is 0.416 e. The van der Waals surface area contributed by atoms with E-state index < -0.39 is 11.7 Å². The van der Waals surface area contributed by atoms with Crippen LogP contribution in [0.25, 0.3) is 0 Å². The molecule has 3 aromatic rings. The molecule has 7 nitrogen and oxygen atoms in total. The molecule has 0 spiro atoms. The number of aromatic nitrogens is 2. The minimum Gasteiger partial charge on any atom is -0.454 e. The van der Waals surface area contributed by atoms with E-state index in [1.54, 1.807) is 17.9 Å². The van der Waals surface area contributed by atoms with Crippen molar-refractivity contribution in [2.24, 2.45) is 0 Å². The van der Waals surface area contributed by atoms with Crippen LogP contribution >= 0.6 is 0 Å². The molecule has 178 valence electrons. The number of fused-ring (bicyclic) bond motifs is 2. The Morgan fingerprint density at radius 2 is 1.85 bits per heavy atom. The van der Waals surface area contributed by atoms with Crippen LogP contribution in [0.5, 0.6) is 11.5 Å². The zero-order valence-electron chi connectivity index (χ0n) is 18.7. The van der Waals surface area contributed by atoms with Gasteiger partial charge in [0, 0.05) is 23.5 Å². The number of ether oxygens (including phenoxy) is 2. The van der Waals surface area contributed by atoms with E-state index in [0.29, 0.717) is 47.4 Å². The molecule has 0 aliphatic carbocycles. The molecule has 5 rings (SSSR count). The van der Waals surface area contributed by atoms with Gasteiger partial charge in [-0.1, -0.05) is 19.1 Å². The quantitative estimate of drug-likeness (QED) is 0.560. The number of hydrogen-bond donors (Lipinski definition) is 0. The van der Waals surface area contributed by atoms with Crippen molar-refractivity contribution in [2.75, 3.05) is 18.4 Å². The Labute approximate surface area is 194 Å². The summed E-state index contributed by atoms with van der Waals surface area (Å²) >= 11 is 0. The van der Waals surface area contributed by atoms with Crippen molar-refractivity contribution in [3.8, 4) is 11.5 Å². The van der Waals surface area contributed by atoms with Gasteiger partial charge < -0.3 is 9.47 Å². The third-order valence-electron chi connectivity index (χ3n) is 6.06. The lowest BCUT2D eigenvalue weighted by Crippen LogP contribution is -2.47. The second kappa shape index (κ2) is 8.35. The molecule has 0 radical (unpaired) electrons. The molecule has 0 bridgehead atoms. The molecule has 1 aromatic heterocycles. The predicted octanol–water partition coefficient (Wildman–Crippen LogP) is 4.43. The van der Waals surface area contributed by atoms with E-state index in [9.17, 15) is 18.0 Å². The average molecular weight is 472 g/mol. The number of benzene rings is 2. The van der Waals surface area contributed by atoms with Crippen molar-refractivity contribution in [3.63, 3.8) is 0 Å². The maximum absolute atomic E-state index is 13.4. The highest BCUT2D eigenvalue weighted by atomic mass is 19.4. The van der Waals surface area contributed by atoms with Crippen molar-refractivity contribution in [1.29, 1.82) is 0 Å². The molecular formula is C24H23F3N4O3. The first-order chi connectivity index (χ1) is 16.2. The van der Waals surface area contributed by atoms with Crippen molar-refractivity contribution in [3.05, 3.63) is 75.2 Å². The summed E-state index contributed by atoms with van der Waals surface area (Å²) in [4.78, 5) is 21.5. The van der Waals surface area contributed by atoms with Crippen LogP contribution in [0.3, 0.4) is 0 Å². The zero-order valence-corrected chi connectivity index (χ0v) is 18.7. The normalized spacial score (nSPS) is 15.5. The molecule has 3 heterocycles. The first kappa shape index (κ1) is 22.3. The molecule has 0 saturated carbocycles. The van der Waals surface area contributed by atoms with Crippen LogP contribution in [-0.4, -0.2) is 27.9 Å². The Balaban J connectivity index is 1.56. The van der Waals surface area contributed by atoms with Gasteiger partial charge in [-0.3, -0.25) is 19.2 Å². The molecule has 34 heavy (non-hydrogen) atoms. The first-order valence-corrected chi connectivity index (χ1v) is 10.9. The molecule has 10 heteroatoms. The van der Waals surface area contributed by atoms with E-state index in [4.69, 9.17) is 9.47 Å². The van der Waals surface area contributed by atoms with Crippen LogP contribution in [0.15, 0.2) is 47.3 Å². The Kier molecular flexibility index (Phi) is 5.47. The fraction of sp³-hybridized carbons (Fsp3) is 0.333. The summed E-state index contributed by atoms with van der Waals surface area (Å²) in [6.45, 7) is 4.78. The summed E-state index contributed by atoms with van der Waals surface area (Å²) in [6, 6.07) is 10.7. The maximum atomic E-state index is 13.4. The third kappa shape index (κ3) is 3.98. The molecule has 0 amide bonds. The summed E-state index contributed by atoms with van der Waals surface area (Å²) in [6.07, 6.45) is -3.96. The number of hydrogen-bond acceptors (Lipinski definition) is 6. The molecule has 0 unspecified atom stereocenters. The third-order valence-corrected chi connectivity index (χ3v) is 6.06. The lowest BCUT2D eigenvalue weighted by atomic mass is 10.1. The smallest absolute Gasteiger partial charge is 0.416 e. The van der Waals surface area contributed by atoms with Gasteiger partial charge in [-0.2, -0.15) is 13.2 Å². The average Bonchev–Trinajstić information content (AvgIpc) is 3.27. The van der Waals surface area contributed by atoms with Gasteiger partial charge in [0.1, 0.15) is 0 Å². The van der Waals surface area contributed by atoms with Gasteiger partial charge in [0.05, 0.1) is 18.9 Å². The van der Waals surface area contributed by atoms with Crippen molar-refractivity contribution in [2.45, 2.75) is 39.7 Å². The largest absolute Gasteiger partial charge is 0.454 e. The van der Waals surface area contributed by atoms with Gasteiger partial charge >= 0.3 is 6.18 Å². The van der Waals surface area contributed by atoms with Crippen LogP contribution < -0.4 is 19.9 Å². The predicted molar refractivity (Wildman–Crippen MR) is 119 cm³/mol. The summed E-state index contributed by atoms with van der Waals surface area (Å²) < 4.78 is 52.6. The number of nitrogens with zero attached hydrogens (tertiary/aromatic N) is 4. The molecule has 2 aliphatic rings. The van der Waals surface area contributed by atoms with Gasteiger partial charge in [-0.15, -0.1) is 0 Å². The lowest BCUT2D eigenvalue weighted by molar-refractivity contribution is -0.137. The topological polar surface area (TPSA) is 59.8 Å². The van der Waals surface area contributed by atoms with Gasteiger partial charge in [0.2, 0.25) is 12.7 Å². The zero-order chi connectivity index (χ0) is 24.0. The fourth-order valence-corrected chi connectivity index (χ4v) is 4.38. The Morgan fingerprint density at radius 1 is 1.06 bits per heavy atom. The highest BCUT2D eigenvalue weighted by molar-refractivity contribution is 5.60. The number of aryl methyl sites for hydroxylation is 1. The molecular weight excluding hydrogens is 449 g/mol. The van der Waals surface area contributed by atoms with Gasteiger partial charge in [0.25, 0.3) is 5.56 Å². The molecule has 0 atom stereocenters. The van der Waals surface area contributed by atoms with E-state index in [2.05, 4.69) is 4.98 Å². The lowest BCUT2D eigenvalue weighted by Gasteiger charge is -2.38. The van der Waals surface area contributed by atoms with Gasteiger partial charge in [-0.05, 0) is 49.2 Å². The minimum atomic E-state index is -4.48. The van der Waals surface area contributed by atoms with Crippen LogP contribution in [-0.2, 0) is 25.8 Å². The Hall–Kier alpha value is -3.53. The molecule has 0 saturated heterocycles. The SMILES string of the molecule is CCc1c(C)nc2n(c1=O)CN(Cc1ccc3c(c1)OCO3)CN2c1cccc(C(F)(F)F)c1. The van der Waals surface area contributed by atoms with Crippen molar-refractivity contribution in [1.82, 2.24) is 14.5 Å². The Morgan fingerprint density at radius 3 is 2.62 bits per heavy atom. The van der Waals surface area contributed by atoms with Crippen LogP contribution in [0.4, 0.5) is 24.8 Å². The van der Waals surface area contributed by atoms with Crippen molar-refractivity contribution >= 4 is 11.6 Å². The van der Waals surface area contributed by atoms with Crippen molar-refractivity contribution < 1.29 is 22.6 Å².